The van der Waals surface area contributed by atoms with Gasteiger partial charge in [-0.1, -0.05) is 24.6 Å². The van der Waals surface area contributed by atoms with Crippen molar-refractivity contribution in [3.63, 3.8) is 0 Å². The monoisotopic (exact) mass is 152 g/mol. The minimum Gasteiger partial charge on any atom is -0.100 e. The smallest absolute Gasteiger partial charge is 0.0262 e. The molecule has 0 saturated heterocycles. The van der Waals surface area contributed by atoms with Crippen LogP contribution in [0.15, 0.2) is 24.3 Å². The molecule has 11 heavy (non-hydrogen) atoms. The van der Waals surface area contributed by atoms with Crippen molar-refractivity contribution >= 4 is 0 Å². The Balaban J connectivity index is 3.31. The first-order valence-electron chi connectivity index (χ1n) is 4.44. The Morgan fingerprint density at radius 2 is 2.18 bits per heavy atom. The molecule has 0 fully saturated rings. The van der Waals surface area contributed by atoms with Crippen LogP contribution in [0.3, 0.4) is 0 Å². The lowest BCUT2D eigenvalue weighted by molar-refractivity contribution is 0.604. The molecule has 0 aromatic carbocycles. The van der Waals surface area contributed by atoms with Crippen molar-refractivity contribution in [2.24, 2.45) is 5.92 Å². The zero-order chi connectivity index (χ0) is 8.69. The molecule has 0 aliphatic carbocycles. The molecule has 0 heterocycles. The van der Waals surface area contributed by atoms with E-state index in [1.54, 1.807) is 0 Å². The van der Waals surface area contributed by atoms with Crippen LogP contribution < -0.4 is 0 Å². The maximum Gasteiger partial charge on any atom is -0.0262 e. The summed E-state index contributed by atoms with van der Waals surface area (Å²) in [6, 6.07) is 0. The van der Waals surface area contributed by atoms with Gasteiger partial charge in [0.05, 0.1) is 0 Å². The number of hydrogen-bond donors (Lipinski definition) is 0. The van der Waals surface area contributed by atoms with E-state index in [4.69, 9.17) is 0 Å². The molecule has 0 spiro atoms. The molecule has 1 unspecified atom stereocenters. The van der Waals surface area contributed by atoms with Crippen LogP contribution in [0.1, 0.15) is 40.0 Å². The summed E-state index contributed by atoms with van der Waals surface area (Å²) < 4.78 is 0. The molecule has 0 bridgehead atoms. The molecular formula is C11H20. The summed E-state index contributed by atoms with van der Waals surface area (Å²) in [7, 11) is 0. The first-order valence-corrected chi connectivity index (χ1v) is 4.44. The molecule has 0 amide bonds. The highest BCUT2D eigenvalue weighted by molar-refractivity contribution is 4.89. The molecule has 64 valence electrons. The lowest BCUT2D eigenvalue weighted by Gasteiger charge is -2.04. The Kier molecular flexibility index (Phi) is 5.91. The summed E-state index contributed by atoms with van der Waals surface area (Å²) in [5, 5.41) is 0. The van der Waals surface area contributed by atoms with E-state index in [2.05, 4.69) is 39.5 Å². The predicted octanol–water partition coefficient (Wildman–Crippen LogP) is 3.95. The average molecular weight is 152 g/mol. The molecule has 0 saturated carbocycles. The third kappa shape index (κ3) is 7.38. The van der Waals surface area contributed by atoms with Crippen molar-refractivity contribution in [2.45, 2.75) is 40.0 Å². The fourth-order valence-corrected chi connectivity index (χ4v) is 1.15. The maximum absolute atomic E-state index is 3.88. The third-order valence-corrected chi connectivity index (χ3v) is 1.78. The zero-order valence-electron chi connectivity index (χ0n) is 8.06. The van der Waals surface area contributed by atoms with Crippen LogP contribution in [-0.4, -0.2) is 0 Å². The van der Waals surface area contributed by atoms with Crippen LogP contribution in [0, 0.1) is 5.92 Å². The molecule has 0 nitrogen and oxygen atoms in total. The average Bonchev–Trinajstić information content (AvgIpc) is 1.87. The third-order valence-electron chi connectivity index (χ3n) is 1.78. The van der Waals surface area contributed by atoms with E-state index in [1.165, 1.54) is 24.8 Å². The molecule has 0 aromatic heterocycles. The van der Waals surface area contributed by atoms with Crippen molar-refractivity contribution in [3.05, 3.63) is 24.3 Å². The van der Waals surface area contributed by atoms with E-state index in [-0.39, 0.29) is 0 Å². The van der Waals surface area contributed by atoms with Gasteiger partial charge in [-0.05, 0) is 39.0 Å². The minimum atomic E-state index is 0.736. The van der Waals surface area contributed by atoms with Gasteiger partial charge in [0, 0.05) is 0 Å². The SMILES string of the molecule is C=C(C)CCCC(C)/C=C/C. The fourth-order valence-electron chi connectivity index (χ4n) is 1.15. The van der Waals surface area contributed by atoms with Crippen molar-refractivity contribution in [1.29, 1.82) is 0 Å². The Labute approximate surface area is 71.0 Å². The minimum absolute atomic E-state index is 0.736. The van der Waals surface area contributed by atoms with Crippen LogP contribution in [0.2, 0.25) is 0 Å². The standard InChI is InChI=1S/C11H20/c1-5-7-11(4)9-6-8-10(2)3/h5,7,11H,2,6,8-9H2,1,3-4H3/b7-5+. The van der Waals surface area contributed by atoms with Crippen molar-refractivity contribution < 1.29 is 0 Å². The largest absolute Gasteiger partial charge is 0.100 e. The summed E-state index contributed by atoms with van der Waals surface area (Å²) in [5.41, 5.74) is 1.30. The highest BCUT2D eigenvalue weighted by Crippen LogP contribution is 2.11. The van der Waals surface area contributed by atoms with Crippen molar-refractivity contribution in [2.75, 3.05) is 0 Å². The summed E-state index contributed by atoms with van der Waals surface area (Å²) in [6.45, 7) is 10.3. The topological polar surface area (TPSA) is 0 Å². The van der Waals surface area contributed by atoms with Crippen LogP contribution in [0.25, 0.3) is 0 Å². The summed E-state index contributed by atoms with van der Waals surface area (Å²) in [5.74, 6) is 0.736. The van der Waals surface area contributed by atoms with Gasteiger partial charge >= 0.3 is 0 Å². The first kappa shape index (κ1) is 10.5. The molecule has 0 N–H and O–H groups in total. The van der Waals surface area contributed by atoms with Crippen LogP contribution in [-0.2, 0) is 0 Å². The van der Waals surface area contributed by atoms with Crippen LogP contribution in [0.5, 0.6) is 0 Å². The summed E-state index contributed by atoms with van der Waals surface area (Å²) in [4.78, 5) is 0. The fraction of sp³-hybridized carbons (Fsp3) is 0.636. The molecule has 0 aliphatic rings. The first-order chi connectivity index (χ1) is 5.16. The lowest BCUT2D eigenvalue weighted by atomic mass is 10.0. The van der Waals surface area contributed by atoms with Gasteiger partial charge in [0.2, 0.25) is 0 Å². The van der Waals surface area contributed by atoms with Gasteiger partial charge in [0.1, 0.15) is 0 Å². The normalized spacial score (nSPS) is 13.7. The number of hydrogen-bond acceptors (Lipinski definition) is 0. The zero-order valence-corrected chi connectivity index (χ0v) is 8.06. The Morgan fingerprint density at radius 1 is 1.55 bits per heavy atom. The Bertz CT molecular complexity index is 131. The highest BCUT2D eigenvalue weighted by atomic mass is 14.0. The Morgan fingerprint density at radius 3 is 2.64 bits per heavy atom. The molecular weight excluding hydrogens is 132 g/mol. The molecule has 0 radical (unpaired) electrons. The molecule has 0 aliphatic heterocycles. The predicted molar refractivity (Wildman–Crippen MR) is 52.6 cm³/mol. The van der Waals surface area contributed by atoms with E-state index in [0.717, 1.165) is 5.92 Å². The highest BCUT2D eigenvalue weighted by Gasteiger charge is 1.95. The van der Waals surface area contributed by atoms with E-state index in [9.17, 15) is 0 Å². The quantitative estimate of drug-likeness (QED) is 0.523. The second kappa shape index (κ2) is 6.21. The second-order valence-corrected chi connectivity index (χ2v) is 3.35. The van der Waals surface area contributed by atoms with Gasteiger partial charge in [-0.25, -0.2) is 0 Å². The summed E-state index contributed by atoms with van der Waals surface area (Å²) >= 11 is 0. The van der Waals surface area contributed by atoms with Crippen molar-refractivity contribution in [1.82, 2.24) is 0 Å². The van der Waals surface area contributed by atoms with Crippen LogP contribution in [0.4, 0.5) is 0 Å². The maximum atomic E-state index is 3.88. The van der Waals surface area contributed by atoms with Gasteiger partial charge in [0.25, 0.3) is 0 Å². The van der Waals surface area contributed by atoms with Gasteiger partial charge in [-0.2, -0.15) is 0 Å². The lowest BCUT2D eigenvalue weighted by Crippen LogP contribution is -1.89. The Hall–Kier alpha value is -0.520. The molecule has 0 heteroatoms. The molecule has 0 aromatic rings. The van der Waals surface area contributed by atoms with E-state index in [1.807, 2.05) is 0 Å². The summed E-state index contributed by atoms with van der Waals surface area (Å²) in [6.07, 6.45) is 8.14. The van der Waals surface area contributed by atoms with E-state index in [0.29, 0.717) is 0 Å². The van der Waals surface area contributed by atoms with Crippen LogP contribution >= 0.6 is 0 Å². The van der Waals surface area contributed by atoms with Gasteiger partial charge in [-0.15, -0.1) is 6.58 Å². The van der Waals surface area contributed by atoms with E-state index >= 15 is 0 Å². The van der Waals surface area contributed by atoms with Gasteiger partial charge in [0.15, 0.2) is 0 Å². The van der Waals surface area contributed by atoms with E-state index < -0.39 is 0 Å². The van der Waals surface area contributed by atoms with Crippen molar-refractivity contribution in [3.8, 4) is 0 Å². The number of rotatable bonds is 5. The van der Waals surface area contributed by atoms with Gasteiger partial charge in [-0.3, -0.25) is 0 Å². The molecule has 0 rings (SSSR count). The number of allylic oxidation sites excluding steroid dienone is 3. The second-order valence-electron chi connectivity index (χ2n) is 3.35. The van der Waals surface area contributed by atoms with Gasteiger partial charge < -0.3 is 0 Å². The molecule has 1 atom stereocenters.